The number of urea groups is 1. The Morgan fingerprint density at radius 1 is 1.12 bits per heavy atom. The van der Waals surface area contributed by atoms with Gasteiger partial charge >= 0.3 is 6.03 Å². The Morgan fingerprint density at radius 3 is 2.59 bits per heavy atom. The molecule has 0 spiro atoms. The topological polar surface area (TPSA) is 80.0 Å². The van der Waals surface area contributed by atoms with Gasteiger partial charge in [0.1, 0.15) is 5.76 Å². The van der Waals surface area contributed by atoms with E-state index in [1.165, 1.54) is 0 Å². The Labute approximate surface area is 200 Å². The Bertz CT molecular complexity index is 1130. The number of pyridine rings is 1. The number of benzene rings is 1. The van der Waals surface area contributed by atoms with Crippen LogP contribution in [-0.4, -0.2) is 59.8 Å². The minimum atomic E-state index is -0.210. The molecular weight excluding hydrogens is 432 g/mol. The third kappa shape index (κ3) is 6.07. The quantitative estimate of drug-likeness (QED) is 0.516. The lowest BCUT2D eigenvalue weighted by atomic mass is 10.1. The Kier molecular flexibility index (Phi) is 8.03. The number of furan rings is 1. The van der Waals surface area contributed by atoms with Crippen LogP contribution in [0.25, 0.3) is 10.8 Å². The maximum absolute atomic E-state index is 13.4. The van der Waals surface area contributed by atoms with Gasteiger partial charge in [0.2, 0.25) is 0 Å². The number of morpholine rings is 1. The fourth-order valence-electron chi connectivity index (χ4n) is 4.32. The van der Waals surface area contributed by atoms with Crippen molar-refractivity contribution < 1.29 is 13.9 Å². The normalized spacial score (nSPS) is 14.6. The standard InChI is InChI=1S/C26H34N4O4/c1-20(2)17-30-19-24(22-8-3-4-9-23(22)25(30)31)27-26(32)29(18-21-7-5-14-34-21)11-6-10-28-12-15-33-16-13-28/h3-5,7-9,14,19-20H,6,10-13,15-18H2,1-2H3,(H,27,32). The largest absolute Gasteiger partial charge is 0.467 e. The number of anilines is 1. The monoisotopic (exact) mass is 466 g/mol. The zero-order valence-electron chi connectivity index (χ0n) is 20.0. The molecule has 3 aromatic rings. The van der Waals surface area contributed by atoms with Gasteiger partial charge in [-0.15, -0.1) is 0 Å². The lowest BCUT2D eigenvalue weighted by Gasteiger charge is -2.28. The summed E-state index contributed by atoms with van der Waals surface area (Å²) in [6, 6.07) is 10.9. The highest BCUT2D eigenvalue weighted by Crippen LogP contribution is 2.22. The van der Waals surface area contributed by atoms with E-state index in [-0.39, 0.29) is 11.6 Å². The molecule has 1 aliphatic rings. The van der Waals surface area contributed by atoms with Gasteiger partial charge in [-0.3, -0.25) is 9.69 Å². The zero-order valence-corrected chi connectivity index (χ0v) is 20.0. The average molecular weight is 467 g/mol. The molecule has 34 heavy (non-hydrogen) atoms. The molecule has 0 unspecified atom stereocenters. The van der Waals surface area contributed by atoms with E-state index >= 15 is 0 Å². The smallest absolute Gasteiger partial charge is 0.322 e. The second kappa shape index (κ2) is 11.4. The summed E-state index contributed by atoms with van der Waals surface area (Å²) < 4.78 is 12.6. The van der Waals surface area contributed by atoms with Crippen LogP contribution in [-0.2, 0) is 17.8 Å². The van der Waals surface area contributed by atoms with E-state index in [1.807, 2.05) is 36.4 Å². The van der Waals surface area contributed by atoms with Crippen LogP contribution < -0.4 is 10.9 Å². The summed E-state index contributed by atoms with van der Waals surface area (Å²) in [6.07, 6.45) is 4.23. The molecule has 1 aromatic carbocycles. The summed E-state index contributed by atoms with van der Waals surface area (Å²) in [7, 11) is 0. The van der Waals surface area contributed by atoms with Crippen LogP contribution in [0.15, 0.2) is 58.1 Å². The van der Waals surface area contributed by atoms with Crippen LogP contribution in [0, 0.1) is 5.92 Å². The summed E-state index contributed by atoms with van der Waals surface area (Å²) in [5.74, 6) is 1.04. The molecule has 0 atom stereocenters. The molecule has 1 aliphatic heterocycles. The predicted molar refractivity (Wildman–Crippen MR) is 133 cm³/mol. The SMILES string of the molecule is CC(C)Cn1cc(NC(=O)N(CCCN2CCOCC2)Cc2ccco2)c2ccccc2c1=O. The van der Waals surface area contributed by atoms with Crippen molar-refractivity contribution in [2.45, 2.75) is 33.4 Å². The molecule has 0 bridgehead atoms. The first kappa shape index (κ1) is 24.0. The first-order valence-electron chi connectivity index (χ1n) is 12.0. The molecule has 8 heteroatoms. The predicted octanol–water partition coefficient (Wildman–Crippen LogP) is 4.01. The molecule has 1 saturated heterocycles. The van der Waals surface area contributed by atoms with Crippen LogP contribution in [0.2, 0.25) is 0 Å². The summed E-state index contributed by atoms with van der Waals surface area (Å²) in [6.45, 7) is 9.97. The maximum atomic E-state index is 13.4. The summed E-state index contributed by atoms with van der Waals surface area (Å²) >= 11 is 0. The van der Waals surface area contributed by atoms with Gasteiger partial charge in [0, 0.05) is 49.7 Å². The van der Waals surface area contributed by atoms with E-state index in [0.717, 1.165) is 50.4 Å². The second-order valence-electron chi connectivity index (χ2n) is 9.18. The van der Waals surface area contributed by atoms with Gasteiger partial charge < -0.3 is 23.9 Å². The minimum absolute atomic E-state index is 0.0414. The van der Waals surface area contributed by atoms with Gasteiger partial charge in [-0.1, -0.05) is 32.0 Å². The molecule has 0 aliphatic carbocycles. The Morgan fingerprint density at radius 2 is 1.88 bits per heavy atom. The van der Waals surface area contributed by atoms with Crippen molar-refractivity contribution in [3.63, 3.8) is 0 Å². The Hall–Kier alpha value is -3.10. The van der Waals surface area contributed by atoms with E-state index < -0.39 is 0 Å². The maximum Gasteiger partial charge on any atom is 0.322 e. The number of aromatic nitrogens is 1. The molecule has 2 amide bonds. The molecule has 182 valence electrons. The van der Waals surface area contributed by atoms with Gasteiger partial charge in [0.05, 0.1) is 31.7 Å². The summed E-state index contributed by atoms with van der Waals surface area (Å²) in [4.78, 5) is 30.5. The third-order valence-corrected chi connectivity index (χ3v) is 6.02. The highest BCUT2D eigenvalue weighted by molar-refractivity contribution is 6.00. The first-order valence-corrected chi connectivity index (χ1v) is 12.0. The van der Waals surface area contributed by atoms with Crippen molar-refractivity contribution in [3.05, 3.63) is 65.0 Å². The van der Waals surface area contributed by atoms with Gasteiger partial charge in [0.15, 0.2) is 0 Å². The van der Waals surface area contributed by atoms with Crippen LogP contribution in [0.5, 0.6) is 0 Å². The fourth-order valence-corrected chi connectivity index (χ4v) is 4.32. The van der Waals surface area contributed by atoms with Crippen molar-refractivity contribution in [2.24, 2.45) is 5.92 Å². The van der Waals surface area contributed by atoms with Crippen molar-refractivity contribution >= 4 is 22.5 Å². The van der Waals surface area contributed by atoms with Crippen LogP contribution in [0.1, 0.15) is 26.0 Å². The molecule has 4 rings (SSSR count). The summed E-state index contributed by atoms with van der Waals surface area (Å²) in [5.41, 5.74) is 0.596. The van der Waals surface area contributed by atoms with Crippen LogP contribution >= 0.6 is 0 Å². The van der Waals surface area contributed by atoms with Crippen molar-refractivity contribution in [2.75, 3.05) is 44.7 Å². The molecule has 3 heterocycles. The molecule has 1 N–H and O–H groups in total. The third-order valence-electron chi connectivity index (χ3n) is 6.02. The number of fused-ring (bicyclic) bond motifs is 1. The van der Waals surface area contributed by atoms with Crippen LogP contribution in [0.4, 0.5) is 10.5 Å². The van der Waals surface area contributed by atoms with Gasteiger partial charge in [0.25, 0.3) is 5.56 Å². The number of hydrogen-bond donors (Lipinski definition) is 1. The molecule has 0 radical (unpaired) electrons. The zero-order chi connectivity index (χ0) is 23.9. The number of hydrogen-bond acceptors (Lipinski definition) is 5. The Balaban J connectivity index is 1.53. The summed E-state index contributed by atoms with van der Waals surface area (Å²) in [5, 5.41) is 4.42. The fraction of sp³-hybridized carbons (Fsp3) is 0.462. The van der Waals surface area contributed by atoms with Gasteiger partial charge in [-0.05, 0) is 30.5 Å². The minimum Gasteiger partial charge on any atom is -0.467 e. The first-order chi connectivity index (χ1) is 16.5. The van der Waals surface area contributed by atoms with Crippen molar-refractivity contribution in [1.82, 2.24) is 14.4 Å². The van der Waals surface area contributed by atoms with Crippen molar-refractivity contribution in [3.8, 4) is 0 Å². The highest BCUT2D eigenvalue weighted by Gasteiger charge is 2.19. The van der Waals surface area contributed by atoms with Crippen LogP contribution in [0.3, 0.4) is 0 Å². The second-order valence-corrected chi connectivity index (χ2v) is 9.18. The number of amides is 2. The van der Waals surface area contributed by atoms with E-state index in [4.69, 9.17) is 9.15 Å². The van der Waals surface area contributed by atoms with E-state index in [1.54, 1.807) is 21.9 Å². The molecule has 0 saturated carbocycles. The highest BCUT2D eigenvalue weighted by atomic mass is 16.5. The number of rotatable bonds is 9. The lowest BCUT2D eigenvalue weighted by Crippen LogP contribution is -2.40. The number of carbonyl (C=O) groups is 1. The van der Waals surface area contributed by atoms with Crippen molar-refractivity contribution in [1.29, 1.82) is 0 Å². The molecule has 2 aromatic heterocycles. The van der Waals surface area contributed by atoms with E-state index in [0.29, 0.717) is 36.6 Å². The van der Waals surface area contributed by atoms with Gasteiger partial charge in [-0.2, -0.15) is 0 Å². The number of nitrogens with one attached hydrogen (secondary N) is 1. The van der Waals surface area contributed by atoms with Gasteiger partial charge in [-0.25, -0.2) is 4.79 Å². The lowest BCUT2D eigenvalue weighted by molar-refractivity contribution is 0.0364. The number of ether oxygens (including phenoxy) is 1. The molecule has 1 fully saturated rings. The molecule has 8 nitrogen and oxygen atoms in total. The molecular formula is C26H34N4O4. The van der Waals surface area contributed by atoms with E-state index in [9.17, 15) is 9.59 Å². The average Bonchev–Trinajstić information content (AvgIpc) is 3.35. The number of carbonyl (C=O) groups excluding carboxylic acids is 1. The number of nitrogens with zero attached hydrogens (tertiary/aromatic N) is 3. The van der Waals surface area contributed by atoms with E-state index in [2.05, 4.69) is 24.1 Å².